The van der Waals surface area contributed by atoms with Crippen molar-refractivity contribution in [2.75, 3.05) is 7.05 Å². The van der Waals surface area contributed by atoms with Crippen LogP contribution in [0, 0.1) is 11.8 Å². The predicted molar refractivity (Wildman–Crippen MR) is 68.8 cm³/mol. The zero-order valence-electron chi connectivity index (χ0n) is 10.6. The molecule has 1 aliphatic heterocycles. The molecule has 2 rings (SSSR count). The van der Waals surface area contributed by atoms with Crippen LogP contribution >= 0.6 is 0 Å². The predicted octanol–water partition coefficient (Wildman–Crippen LogP) is 0.869. The monoisotopic (exact) mass is 270 g/mol. The molecular weight excluding hydrogens is 252 g/mol. The molecule has 2 atom stereocenters. The molecule has 1 saturated heterocycles. The van der Waals surface area contributed by atoms with Crippen molar-refractivity contribution < 1.29 is 13.2 Å². The minimum absolute atomic E-state index is 0.0104. The Hall–Kier alpha value is -1.14. The van der Waals surface area contributed by atoms with Crippen LogP contribution in [-0.4, -0.2) is 21.4 Å². The molecule has 18 heavy (non-hydrogen) atoms. The van der Waals surface area contributed by atoms with Gasteiger partial charge < -0.3 is 5.32 Å². The summed E-state index contributed by atoms with van der Waals surface area (Å²) >= 11 is 0. The second-order valence-electron chi connectivity index (χ2n) is 4.69. The highest BCUT2D eigenvalue weighted by Gasteiger charge is 2.34. The molecule has 0 aromatic rings. The van der Waals surface area contributed by atoms with Crippen LogP contribution in [-0.2, 0) is 14.8 Å². The van der Waals surface area contributed by atoms with E-state index in [0.717, 1.165) is 18.5 Å². The van der Waals surface area contributed by atoms with Gasteiger partial charge in [0, 0.05) is 17.5 Å². The fourth-order valence-corrected chi connectivity index (χ4v) is 3.40. The lowest BCUT2D eigenvalue weighted by Crippen LogP contribution is -2.41. The van der Waals surface area contributed by atoms with Crippen LogP contribution in [0.1, 0.15) is 26.2 Å². The number of amides is 1. The summed E-state index contributed by atoms with van der Waals surface area (Å²) in [5, 5.41) is 2.87. The SMILES string of the molecule is CCC1CC2CC(S(=O)(=O)NC)=CC=C2NC1=O. The van der Waals surface area contributed by atoms with Crippen molar-refractivity contribution in [3.05, 3.63) is 22.8 Å². The molecule has 6 heteroatoms. The van der Waals surface area contributed by atoms with Gasteiger partial charge >= 0.3 is 0 Å². The van der Waals surface area contributed by atoms with Crippen LogP contribution in [0.15, 0.2) is 22.8 Å². The Morgan fingerprint density at radius 3 is 2.78 bits per heavy atom. The van der Waals surface area contributed by atoms with Crippen LogP contribution < -0.4 is 10.0 Å². The zero-order chi connectivity index (χ0) is 13.3. The molecule has 0 radical (unpaired) electrons. The van der Waals surface area contributed by atoms with E-state index in [1.54, 1.807) is 12.2 Å². The third-order valence-electron chi connectivity index (χ3n) is 3.65. The molecule has 1 fully saturated rings. The Morgan fingerprint density at radius 1 is 1.44 bits per heavy atom. The molecule has 0 saturated carbocycles. The summed E-state index contributed by atoms with van der Waals surface area (Å²) in [7, 11) is -1.95. The van der Waals surface area contributed by atoms with Crippen molar-refractivity contribution in [2.45, 2.75) is 26.2 Å². The number of carbonyl (C=O) groups excluding carboxylic acids is 1. The number of rotatable bonds is 3. The average Bonchev–Trinajstić information content (AvgIpc) is 2.37. The number of fused-ring (bicyclic) bond motifs is 1. The first-order valence-corrected chi connectivity index (χ1v) is 7.61. The molecule has 0 aromatic heterocycles. The molecule has 5 nitrogen and oxygen atoms in total. The van der Waals surface area contributed by atoms with E-state index >= 15 is 0 Å². The normalized spacial score (nSPS) is 28.0. The average molecular weight is 270 g/mol. The maximum atomic E-state index is 11.7. The number of sulfonamides is 1. The molecule has 0 bridgehead atoms. The Balaban J connectivity index is 2.24. The number of piperidine rings is 1. The fraction of sp³-hybridized carbons (Fsp3) is 0.583. The first-order chi connectivity index (χ1) is 8.47. The maximum absolute atomic E-state index is 11.7. The summed E-state index contributed by atoms with van der Waals surface area (Å²) in [4.78, 5) is 12.1. The molecule has 1 aliphatic carbocycles. The molecule has 2 N–H and O–H groups in total. The lowest BCUT2D eigenvalue weighted by atomic mass is 9.82. The first-order valence-electron chi connectivity index (χ1n) is 6.13. The molecule has 2 aliphatic rings. The van der Waals surface area contributed by atoms with Gasteiger partial charge in [0.2, 0.25) is 15.9 Å². The first kappa shape index (κ1) is 13.3. The number of hydrogen-bond acceptors (Lipinski definition) is 3. The summed E-state index contributed by atoms with van der Waals surface area (Å²) in [6.45, 7) is 1.98. The van der Waals surface area contributed by atoms with E-state index in [2.05, 4.69) is 10.0 Å². The Morgan fingerprint density at radius 2 is 2.17 bits per heavy atom. The van der Waals surface area contributed by atoms with Gasteiger partial charge in [0.05, 0.1) is 4.91 Å². The van der Waals surface area contributed by atoms with E-state index in [4.69, 9.17) is 0 Å². The largest absolute Gasteiger partial charge is 0.329 e. The molecule has 0 aromatic carbocycles. The molecule has 100 valence electrons. The van der Waals surface area contributed by atoms with Crippen molar-refractivity contribution in [1.82, 2.24) is 10.0 Å². The van der Waals surface area contributed by atoms with E-state index in [-0.39, 0.29) is 17.7 Å². The molecular formula is C12H18N2O3S. The van der Waals surface area contributed by atoms with Crippen molar-refractivity contribution in [1.29, 1.82) is 0 Å². The van der Waals surface area contributed by atoms with Gasteiger partial charge in [-0.05, 0) is 38.5 Å². The third kappa shape index (κ3) is 2.35. The van der Waals surface area contributed by atoms with E-state index in [1.165, 1.54) is 7.05 Å². The fourth-order valence-electron chi connectivity index (χ4n) is 2.47. The number of allylic oxidation sites excluding steroid dienone is 4. The Bertz CT molecular complexity index is 519. The van der Waals surface area contributed by atoms with E-state index in [1.807, 2.05) is 6.92 Å². The van der Waals surface area contributed by atoms with Crippen LogP contribution in [0.25, 0.3) is 0 Å². The zero-order valence-corrected chi connectivity index (χ0v) is 11.4. The van der Waals surface area contributed by atoms with E-state index in [0.29, 0.717) is 11.3 Å². The number of nitrogens with one attached hydrogen (secondary N) is 2. The van der Waals surface area contributed by atoms with Gasteiger partial charge in [-0.1, -0.05) is 6.92 Å². The standard InChI is InChI=1S/C12H18N2O3S/c1-3-8-6-9-7-10(18(16,17)13-2)4-5-11(9)14-12(8)15/h4-5,8-9,13H,3,6-7H2,1-2H3,(H,14,15). The van der Waals surface area contributed by atoms with Crippen molar-refractivity contribution in [3.63, 3.8) is 0 Å². The third-order valence-corrected chi connectivity index (χ3v) is 5.18. The minimum Gasteiger partial charge on any atom is -0.329 e. The maximum Gasteiger partial charge on any atom is 0.236 e. The highest BCUT2D eigenvalue weighted by molar-refractivity contribution is 7.93. The molecule has 0 spiro atoms. The molecule has 1 heterocycles. The topological polar surface area (TPSA) is 75.3 Å². The van der Waals surface area contributed by atoms with Crippen molar-refractivity contribution in [3.8, 4) is 0 Å². The lowest BCUT2D eigenvalue weighted by molar-refractivity contribution is -0.126. The Labute approximate surface area is 107 Å². The Kier molecular flexibility index (Phi) is 3.59. The van der Waals surface area contributed by atoms with Gasteiger partial charge in [-0.25, -0.2) is 13.1 Å². The van der Waals surface area contributed by atoms with Crippen molar-refractivity contribution >= 4 is 15.9 Å². The highest BCUT2D eigenvalue weighted by Crippen LogP contribution is 2.35. The summed E-state index contributed by atoms with van der Waals surface area (Å²) < 4.78 is 25.8. The van der Waals surface area contributed by atoms with Gasteiger partial charge in [-0.15, -0.1) is 0 Å². The minimum atomic E-state index is -3.36. The van der Waals surface area contributed by atoms with E-state index < -0.39 is 10.0 Å². The quantitative estimate of drug-likeness (QED) is 0.799. The van der Waals surface area contributed by atoms with Crippen LogP contribution in [0.2, 0.25) is 0 Å². The lowest BCUT2D eigenvalue weighted by Gasteiger charge is -2.33. The smallest absolute Gasteiger partial charge is 0.236 e. The molecule has 2 unspecified atom stereocenters. The van der Waals surface area contributed by atoms with Gasteiger partial charge in [-0.2, -0.15) is 0 Å². The summed E-state index contributed by atoms with van der Waals surface area (Å²) in [6.07, 6.45) is 5.26. The van der Waals surface area contributed by atoms with Crippen LogP contribution in [0.3, 0.4) is 0 Å². The van der Waals surface area contributed by atoms with Gasteiger partial charge in [-0.3, -0.25) is 4.79 Å². The molecule has 1 amide bonds. The summed E-state index contributed by atoms with van der Waals surface area (Å²) in [6, 6.07) is 0. The number of carbonyl (C=O) groups is 1. The summed E-state index contributed by atoms with van der Waals surface area (Å²) in [5.74, 6) is 0.146. The van der Waals surface area contributed by atoms with Crippen LogP contribution in [0.5, 0.6) is 0 Å². The van der Waals surface area contributed by atoms with Gasteiger partial charge in [0.25, 0.3) is 0 Å². The van der Waals surface area contributed by atoms with Crippen molar-refractivity contribution in [2.24, 2.45) is 11.8 Å². The highest BCUT2D eigenvalue weighted by atomic mass is 32.2. The van der Waals surface area contributed by atoms with Crippen LogP contribution in [0.4, 0.5) is 0 Å². The van der Waals surface area contributed by atoms with Gasteiger partial charge in [0.1, 0.15) is 0 Å². The van der Waals surface area contributed by atoms with E-state index in [9.17, 15) is 13.2 Å². The van der Waals surface area contributed by atoms with Gasteiger partial charge in [0.15, 0.2) is 0 Å². The summed E-state index contributed by atoms with van der Waals surface area (Å²) in [5.41, 5.74) is 0.847. The second kappa shape index (κ2) is 4.85. The second-order valence-corrected chi connectivity index (χ2v) is 6.63. The number of hydrogen-bond donors (Lipinski definition) is 2.